The average Bonchev–Trinajstić information content (AvgIpc) is 3.10. The molecular formula is C13H15N7O2S. The highest BCUT2D eigenvalue weighted by molar-refractivity contribution is 7.16. The standard InChI is InChI=1S/C13H15N7O2S/c1-7(21)10-5-19(17-15-10)9-3-18(4-9)12(22)11-6-20-13(14-11)23-8(2)16-20/h5-7,9,21H,3-4H2,1-2H3. The molecule has 1 aliphatic rings. The molecule has 4 heterocycles. The first-order valence-corrected chi connectivity index (χ1v) is 8.05. The first-order chi connectivity index (χ1) is 11.0. The van der Waals surface area contributed by atoms with E-state index in [1.165, 1.54) is 11.3 Å². The van der Waals surface area contributed by atoms with Gasteiger partial charge in [-0.05, 0) is 13.8 Å². The Bertz CT molecular complexity index is 843. The van der Waals surface area contributed by atoms with Crippen LogP contribution in [0.5, 0.6) is 0 Å². The number of hydrogen-bond acceptors (Lipinski definition) is 7. The topological polar surface area (TPSA) is 101 Å². The Kier molecular flexibility index (Phi) is 3.16. The highest BCUT2D eigenvalue weighted by Gasteiger charge is 2.34. The summed E-state index contributed by atoms with van der Waals surface area (Å²) < 4.78 is 3.33. The number of nitrogens with zero attached hydrogens (tertiary/aromatic N) is 7. The van der Waals surface area contributed by atoms with Gasteiger partial charge in [-0.2, -0.15) is 5.10 Å². The van der Waals surface area contributed by atoms with Crippen LogP contribution in [0.1, 0.15) is 40.3 Å². The quantitative estimate of drug-likeness (QED) is 0.746. The van der Waals surface area contributed by atoms with Crippen LogP contribution in [0.3, 0.4) is 0 Å². The van der Waals surface area contributed by atoms with Crippen molar-refractivity contribution in [3.8, 4) is 0 Å². The van der Waals surface area contributed by atoms with Gasteiger partial charge < -0.3 is 10.0 Å². The maximum Gasteiger partial charge on any atom is 0.274 e. The summed E-state index contributed by atoms with van der Waals surface area (Å²) in [6.07, 6.45) is 2.74. The fourth-order valence-corrected chi connectivity index (χ4v) is 3.24. The highest BCUT2D eigenvalue weighted by atomic mass is 32.1. The summed E-state index contributed by atoms with van der Waals surface area (Å²) in [5, 5.41) is 22.6. The van der Waals surface area contributed by atoms with Gasteiger partial charge in [0.05, 0.1) is 24.5 Å². The second-order valence-corrected chi connectivity index (χ2v) is 6.80. The lowest BCUT2D eigenvalue weighted by Crippen LogP contribution is -2.51. The van der Waals surface area contributed by atoms with Crippen LogP contribution in [0.4, 0.5) is 0 Å². The number of aryl methyl sites for hydroxylation is 1. The molecule has 120 valence electrons. The Balaban J connectivity index is 1.44. The van der Waals surface area contributed by atoms with Gasteiger partial charge in [0.15, 0.2) is 0 Å². The smallest absolute Gasteiger partial charge is 0.274 e. The van der Waals surface area contributed by atoms with Crippen LogP contribution in [0.2, 0.25) is 0 Å². The molecule has 3 aromatic rings. The third-order valence-electron chi connectivity index (χ3n) is 3.84. The van der Waals surface area contributed by atoms with Gasteiger partial charge in [-0.1, -0.05) is 16.6 Å². The van der Waals surface area contributed by atoms with Crippen molar-refractivity contribution >= 4 is 22.2 Å². The number of rotatable bonds is 3. The second-order valence-electron chi connectivity index (χ2n) is 5.64. The molecule has 1 saturated heterocycles. The van der Waals surface area contributed by atoms with E-state index in [4.69, 9.17) is 0 Å². The van der Waals surface area contributed by atoms with E-state index >= 15 is 0 Å². The molecule has 0 saturated carbocycles. The number of fused-ring (bicyclic) bond motifs is 1. The van der Waals surface area contributed by atoms with Crippen LogP contribution in [-0.4, -0.2) is 58.6 Å². The summed E-state index contributed by atoms with van der Waals surface area (Å²) in [5.41, 5.74) is 0.941. The summed E-state index contributed by atoms with van der Waals surface area (Å²) in [7, 11) is 0. The lowest BCUT2D eigenvalue weighted by Gasteiger charge is -2.38. The number of aliphatic hydroxyl groups is 1. The zero-order chi connectivity index (χ0) is 16.1. The number of amides is 1. The van der Waals surface area contributed by atoms with E-state index in [9.17, 15) is 9.90 Å². The zero-order valence-corrected chi connectivity index (χ0v) is 13.4. The minimum Gasteiger partial charge on any atom is -0.387 e. The van der Waals surface area contributed by atoms with Crippen LogP contribution >= 0.6 is 11.3 Å². The predicted molar refractivity (Wildman–Crippen MR) is 81.2 cm³/mol. The fourth-order valence-electron chi connectivity index (χ4n) is 2.51. The minimum atomic E-state index is -0.643. The molecule has 1 amide bonds. The molecule has 1 unspecified atom stereocenters. The fraction of sp³-hybridized carbons (Fsp3) is 0.462. The van der Waals surface area contributed by atoms with Crippen molar-refractivity contribution in [1.29, 1.82) is 0 Å². The number of carbonyl (C=O) groups excluding carboxylic acids is 1. The van der Waals surface area contributed by atoms with Crippen LogP contribution in [0, 0.1) is 6.92 Å². The van der Waals surface area contributed by atoms with Gasteiger partial charge in [0.1, 0.15) is 16.4 Å². The molecule has 1 atom stereocenters. The van der Waals surface area contributed by atoms with Crippen molar-refractivity contribution in [2.75, 3.05) is 13.1 Å². The van der Waals surface area contributed by atoms with Crippen LogP contribution < -0.4 is 0 Å². The van der Waals surface area contributed by atoms with E-state index in [1.54, 1.807) is 33.4 Å². The molecule has 0 aliphatic carbocycles. The first-order valence-electron chi connectivity index (χ1n) is 7.23. The van der Waals surface area contributed by atoms with E-state index in [-0.39, 0.29) is 11.9 Å². The molecule has 23 heavy (non-hydrogen) atoms. The Morgan fingerprint density at radius 2 is 2.22 bits per heavy atom. The van der Waals surface area contributed by atoms with Crippen molar-refractivity contribution in [3.05, 3.63) is 28.8 Å². The average molecular weight is 333 g/mol. The monoisotopic (exact) mass is 333 g/mol. The van der Waals surface area contributed by atoms with E-state index < -0.39 is 6.10 Å². The largest absolute Gasteiger partial charge is 0.387 e. The van der Waals surface area contributed by atoms with Crippen molar-refractivity contribution in [1.82, 2.24) is 34.5 Å². The molecule has 0 bridgehead atoms. The van der Waals surface area contributed by atoms with E-state index in [1.807, 2.05) is 6.92 Å². The molecular weight excluding hydrogens is 318 g/mol. The first kappa shape index (κ1) is 14.3. The van der Waals surface area contributed by atoms with Gasteiger partial charge >= 0.3 is 0 Å². The summed E-state index contributed by atoms with van der Waals surface area (Å²) in [5.74, 6) is -0.104. The summed E-state index contributed by atoms with van der Waals surface area (Å²) >= 11 is 1.45. The highest BCUT2D eigenvalue weighted by Crippen LogP contribution is 2.24. The number of likely N-dealkylation sites (tertiary alicyclic amines) is 1. The lowest BCUT2D eigenvalue weighted by molar-refractivity contribution is 0.0493. The molecule has 10 heteroatoms. The molecule has 1 fully saturated rings. The van der Waals surface area contributed by atoms with Crippen molar-refractivity contribution in [2.24, 2.45) is 0 Å². The molecule has 4 rings (SSSR count). The van der Waals surface area contributed by atoms with E-state index in [0.717, 1.165) is 9.97 Å². The van der Waals surface area contributed by atoms with Crippen molar-refractivity contribution in [2.45, 2.75) is 26.0 Å². The van der Waals surface area contributed by atoms with Gasteiger partial charge in [-0.25, -0.2) is 14.2 Å². The van der Waals surface area contributed by atoms with Gasteiger partial charge in [0, 0.05) is 13.1 Å². The maximum atomic E-state index is 12.4. The van der Waals surface area contributed by atoms with Crippen molar-refractivity contribution < 1.29 is 9.90 Å². The number of aliphatic hydroxyl groups excluding tert-OH is 1. The predicted octanol–water partition coefficient (Wildman–Crippen LogP) is 0.441. The Morgan fingerprint density at radius 3 is 2.87 bits per heavy atom. The molecule has 0 radical (unpaired) electrons. The molecule has 1 N–H and O–H groups in total. The van der Waals surface area contributed by atoms with Gasteiger partial charge in [0.25, 0.3) is 5.91 Å². The van der Waals surface area contributed by atoms with Gasteiger partial charge in [-0.3, -0.25) is 4.79 Å². The molecule has 0 aromatic carbocycles. The second kappa shape index (κ2) is 5.10. The van der Waals surface area contributed by atoms with E-state index in [0.29, 0.717) is 24.5 Å². The summed E-state index contributed by atoms with van der Waals surface area (Å²) in [6, 6.07) is 0.0862. The summed E-state index contributed by atoms with van der Waals surface area (Å²) in [6.45, 7) is 4.66. The Morgan fingerprint density at radius 1 is 1.43 bits per heavy atom. The van der Waals surface area contributed by atoms with Gasteiger partial charge in [-0.15, -0.1) is 5.10 Å². The van der Waals surface area contributed by atoms with Crippen LogP contribution in [0.25, 0.3) is 4.96 Å². The van der Waals surface area contributed by atoms with Crippen LogP contribution in [-0.2, 0) is 0 Å². The third kappa shape index (κ3) is 2.39. The lowest BCUT2D eigenvalue weighted by atomic mass is 10.1. The number of carbonyl (C=O) groups is 1. The van der Waals surface area contributed by atoms with Crippen molar-refractivity contribution in [3.63, 3.8) is 0 Å². The SMILES string of the molecule is Cc1nn2cc(C(=O)N3CC(n4cc(C(C)O)nn4)C3)nc2s1. The summed E-state index contributed by atoms with van der Waals surface area (Å²) in [4.78, 5) is 19.2. The third-order valence-corrected chi connectivity index (χ3v) is 4.68. The molecule has 3 aromatic heterocycles. The number of imidazole rings is 1. The normalized spacial score (nSPS) is 16.7. The van der Waals surface area contributed by atoms with E-state index in [2.05, 4.69) is 20.4 Å². The maximum absolute atomic E-state index is 12.4. The molecule has 0 spiro atoms. The Hall–Kier alpha value is -2.33. The minimum absolute atomic E-state index is 0.0862. The molecule has 9 nitrogen and oxygen atoms in total. The number of aromatic nitrogens is 6. The molecule has 1 aliphatic heterocycles. The van der Waals surface area contributed by atoms with Crippen LogP contribution in [0.15, 0.2) is 12.4 Å². The van der Waals surface area contributed by atoms with Gasteiger partial charge in [0.2, 0.25) is 4.96 Å². The zero-order valence-electron chi connectivity index (χ0n) is 12.6. The number of hydrogen-bond donors (Lipinski definition) is 1. The Labute approximate surface area is 135 Å².